The molecule has 1 aromatic carbocycles. The Labute approximate surface area is 248 Å². The third kappa shape index (κ3) is 5.86. The van der Waals surface area contributed by atoms with E-state index in [0.29, 0.717) is 32.9 Å². The number of aryl methyl sites for hydroxylation is 1. The highest BCUT2D eigenvalue weighted by Gasteiger charge is 2.21. The molecule has 10 nitrogen and oxygen atoms in total. The number of halogens is 2. The molecule has 0 radical (unpaired) electrons. The van der Waals surface area contributed by atoms with Gasteiger partial charge >= 0.3 is 0 Å². The maximum Gasteiger partial charge on any atom is 0.246 e. The van der Waals surface area contributed by atoms with Crippen molar-refractivity contribution in [2.45, 2.75) is 12.8 Å². The van der Waals surface area contributed by atoms with E-state index in [0.717, 1.165) is 73.6 Å². The summed E-state index contributed by atoms with van der Waals surface area (Å²) in [5.41, 5.74) is 3.83. The number of nitrogens with zero attached hydrogens (tertiary/aromatic N) is 5. The second-order valence-electron chi connectivity index (χ2n) is 9.75. The van der Waals surface area contributed by atoms with Crippen LogP contribution in [0, 0.1) is 0 Å². The Kier molecular flexibility index (Phi) is 8.72. The minimum Gasteiger partial charge on any atom is -0.495 e. The summed E-state index contributed by atoms with van der Waals surface area (Å²) >= 11 is 13.4. The van der Waals surface area contributed by atoms with Crippen LogP contribution in [-0.4, -0.2) is 84.1 Å². The van der Waals surface area contributed by atoms with Gasteiger partial charge in [0.15, 0.2) is 5.65 Å². The average molecular weight is 599 g/mol. The molecule has 4 aromatic rings. The maximum absolute atomic E-state index is 11.9. The van der Waals surface area contributed by atoms with Gasteiger partial charge < -0.3 is 25.0 Å². The first-order valence-electron chi connectivity index (χ1n) is 13.4. The van der Waals surface area contributed by atoms with Gasteiger partial charge in [0.2, 0.25) is 5.91 Å². The van der Waals surface area contributed by atoms with Gasteiger partial charge in [-0.15, -0.1) is 0 Å². The van der Waals surface area contributed by atoms with E-state index < -0.39 is 0 Å². The minimum atomic E-state index is -0.00223. The van der Waals surface area contributed by atoms with Crippen LogP contribution in [0.4, 0.5) is 17.2 Å². The lowest BCUT2D eigenvalue weighted by atomic mass is 10.2. The van der Waals surface area contributed by atoms with Crippen LogP contribution in [0.1, 0.15) is 12.1 Å². The molecule has 2 N–H and O–H groups in total. The topological polar surface area (TPSA) is 96.3 Å². The molecule has 3 aromatic heterocycles. The van der Waals surface area contributed by atoms with Crippen molar-refractivity contribution in [1.82, 2.24) is 24.2 Å². The monoisotopic (exact) mass is 597 g/mol. The fourth-order valence-electron chi connectivity index (χ4n) is 5.08. The quantitative estimate of drug-likeness (QED) is 0.239. The number of ether oxygens (including phenoxy) is 2. The van der Waals surface area contributed by atoms with Crippen molar-refractivity contribution in [3.8, 4) is 11.5 Å². The molecular formula is C29H33Cl2N7O3. The standard InChI is InChI=1S/C29H33Cl2N7O3/c1-5-25(39)37-11-9-36(10-12-37)8-6-7-19-17-38-21-14-24(32-2)33-16-18(21)13-20(29(38)34-19)35-28-26(30)22(40-3)15-23(41-4)27(28)31/h5,13-17,35H,1,6-12H2,2-4H3,(H,32,33). The fourth-order valence-corrected chi connectivity index (χ4v) is 5.68. The smallest absolute Gasteiger partial charge is 0.246 e. The zero-order valence-electron chi connectivity index (χ0n) is 23.3. The van der Waals surface area contributed by atoms with Gasteiger partial charge in [0.25, 0.3) is 0 Å². The van der Waals surface area contributed by atoms with Gasteiger partial charge in [-0.25, -0.2) is 9.97 Å². The molecule has 1 aliphatic rings. The lowest BCUT2D eigenvalue weighted by Gasteiger charge is -2.34. The number of aromatic nitrogens is 3. The third-order valence-corrected chi connectivity index (χ3v) is 8.07. The van der Waals surface area contributed by atoms with Crippen LogP contribution < -0.4 is 20.1 Å². The van der Waals surface area contributed by atoms with Gasteiger partial charge in [-0.05, 0) is 31.5 Å². The molecule has 0 bridgehead atoms. The number of carbonyl (C=O) groups is 1. The number of pyridine rings is 2. The first kappa shape index (κ1) is 28.8. The van der Waals surface area contributed by atoms with Crippen molar-refractivity contribution >= 4 is 62.9 Å². The average Bonchev–Trinajstić information content (AvgIpc) is 3.44. The van der Waals surface area contributed by atoms with Crippen LogP contribution >= 0.6 is 23.2 Å². The lowest BCUT2D eigenvalue weighted by molar-refractivity contribution is -0.127. The van der Waals surface area contributed by atoms with Crippen molar-refractivity contribution in [3.63, 3.8) is 0 Å². The van der Waals surface area contributed by atoms with Gasteiger partial charge in [0.05, 0.1) is 36.8 Å². The number of hydrogen-bond donors (Lipinski definition) is 2. The van der Waals surface area contributed by atoms with Crippen LogP contribution in [0.25, 0.3) is 16.6 Å². The maximum atomic E-state index is 11.9. The van der Waals surface area contributed by atoms with Crippen molar-refractivity contribution in [3.05, 3.63) is 59.0 Å². The summed E-state index contributed by atoms with van der Waals surface area (Å²) in [5, 5.41) is 8.09. The number of rotatable bonds is 10. The van der Waals surface area contributed by atoms with E-state index in [4.69, 9.17) is 37.7 Å². The molecule has 0 spiro atoms. The Bertz CT molecular complexity index is 1570. The van der Waals surface area contributed by atoms with Crippen LogP contribution in [0.2, 0.25) is 10.0 Å². The highest BCUT2D eigenvalue weighted by Crippen LogP contribution is 2.45. The molecule has 0 unspecified atom stereocenters. The third-order valence-electron chi connectivity index (χ3n) is 7.32. The van der Waals surface area contributed by atoms with Crippen molar-refractivity contribution < 1.29 is 14.3 Å². The Morgan fingerprint density at radius 1 is 1.10 bits per heavy atom. The Morgan fingerprint density at radius 2 is 1.80 bits per heavy atom. The Morgan fingerprint density at radius 3 is 2.44 bits per heavy atom. The molecule has 0 aliphatic carbocycles. The van der Waals surface area contributed by atoms with Gasteiger partial charge in [0, 0.05) is 63.1 Å². The zero-order chi connectivity index (χ0) is 29.1. The SMILES string of the molecule is C=CC(=O)N1CCN(CCCc2cn3c(n2)c(Nc2c(Cl)c(OC)cc(OC)c2Cl)cc2cnc(NC)cc23)CC1. The number of nitrogens with one attached hydrogen (secondary N) is 2. The van der Waals surface area contributed by atoms with Gasteiger partial charge in [-0.1, -0.05) is 29.8 Å². The number of anilines is 3. The van der Waals surface area contributed by atoms with E-state index in [1.165, 1.54) is 6.08 Å². The summed E-state index contributed by atoms with van der Waals surface area (Å²) in [6.07, 6.45) is 7.00. The molecule has 1 saturated heterocycles. The molecule has 5 rings (SSSR count). The number of fused-ring (bicyclic) bond motifs is 3. The summed E-state index contributed by atoms with van der Waals surface area (Å²) in [6.45, 7) is 7.68. The summed E-state index contributed by atoms with van der Waals surface area (Å²) in [7, 11) is 4.92. The molecule has 216 valence electrons. The fraction of sp³-hybridized carbons (Fsp3) is 0.345. The second kappa shape index (κ2) is 12.4. The minimum absolute atomic E-state index is 0.00223. The highest BCUT2D eigenvalue weighted by atomic mass is 35.5. The summed E-state index contributed by atoms with van der Waals surface area (Å²) in [4.78, 5) is 25.6. The van der Waals surface area contributed by atoms with Crippen LogP contribution in [-0.2, 0) is 11.2 Å². The normalized spacial score (nSPS) is 13.9. The van der Waals surface area contributed by atoms with Crippen molar-refractivity contribution in [2.75, 3.05) is 64.6 Å². The number of amides is 1. The lowest BCUT2D eigenvalue weighted by Crippen LogP contribution is -2.48. The van der Waals surface area contributed by atoms with E-state index in [9.17, 15) is 4.79 Å². The van der Waals surface area contributed by atoms with Gasteiger partial charge in [-0.3, -0.25) is 14.1 Å². The molecule has 4 heterocycles. The van der Waals surface area contributed by atoms with Gasteiger partial charge in [0.1, 0.15) is 27.4 Å². The number of piperazine rings is 1. The van der Waals surface area contributed by atoms with E-state index in [2.05, 4.69) is 37.7 Å². The summed E-state index contributed by atoms with van der Waals surface area (Å²) in [6, 6.07) is 5.63. The first-order valence-corrected chi connectivity index (χ1v) is 14.1. The van der Waals surface area contributed by atoms with Crippen LogP contribution in [0.3, 0.4) is 0 Å². The largest absolute Gasteiger partial charge is 0.495 e. The summed E-state index contributed by atoms with van der Waals surface area (Å²) in [5.74, 6) is 1.63. The highest BCUT2D eigenvalue weighted by molar-refractivity contribution is 6.41. The van der Waals surface area contributed by atoms with E-state index in [-0.39, 0.29) is 5.91 Å². The molecule has 0 atom stereocenters. The number of carbonyl (C=O) groups excluding carboxylic acids is 1. The molecule has 1 amide bonds. The van der Waals surface area contributed by atoms with Crippen LogP contribution in [0.5, 0.6) is 11.5 Å². The predicted molar refractivity (Wildman–Crippen MR) is 164 cm³/mol. The molecule has 41 heavy (non-hydrogen) atoms. The number of methoxy groups -OCH3 is 2. The number of imidazole rings is 1. The number of hydrogen-bond acceptors (Lipinski definition) is 8. The zero-order valence-corrected chi connectivity index (χ0v) is 24.8. The molecular weight excluding hydrogens is 565 g/mol. The molecule has 1 fully saturated rings. The van der Waals surface area contributed by atoms with E-state index in [1.54, 1.807) is 20.3 Å². The summed E-state index contributed by atoms with van der Waals surface area (Å²) < 4.78 is 13.0. The second-order valence-corrected chi connectivity index (χ2v) is 10.5. The van der Waals surface area contributed by atoms with Gasteiger partial charge in [-0.2, -0.15) is 0 Å². The van der Waals surface area contributed by atoms with Crippen molar-refractivity contribution in [1.29, 1.82) is 0 Å². The number of benzene rings is 1. The molecule has 1 aliphatic heterocycles. The Balaban J connectivity index is 1.44. The molecule has 12 heteroatoms. The van der Waals surface area contributed by atoms with E-state index in [1.807, 2.05) is 30.3 Å². The van der Waals surface area contributed by atoms with Crippen LogP contribution in [0.15, 0.2) is 43.2 Å². The van der Waals surface area contributed by atoms with Crippen molar-refractivity contribution in [2.24, 2.45) is 0 Å². The Hall–Kier alpha value is -3.73. The predicted octanol–water partition coefficient (Wildman–Crippen LogP) is 5.25. The van der Waals surface area contributed by atoms with E-state index >= 15 is 0 Å². The first-order chi connectivity index (χ1) is 19.9. The molecule has 0 saturated carbocycles.